The van der Waals surface area contributed by atoms with Gasteiger partial charge in [0.15, 0.2) is 0 Å². The van der Waals surface area contributed by atoms with Gasteiger partial charge in [-0.1, -0.05) is 12.1 Å². The third-order valence-electron chi connectivity index (χ3n) is 2.73. The highest BCUT2D eigenvalue weighted by atomic mass is 19.4. The first-order valence-corrected chi connectivity index (χ1v) is 4.79. The SMILES string of the molecule is N#Cc1ccc(C(O)[C@@]2(C(F)(F)F)CO2)cc1. The number of nitrogens with zero attached hydrogens (tertiary/aromatic N) is 1. The molecule has 1 fully saturated rings. The minimum Gasteiger partial charge on any atom is -0.385 e. The lowest BCUT2D eigenvalue weighted by atomic mass is 9.95. The van der Waals surface area contributed by atoms with Crippen molar-refractivity contribution in [3.63, 3.8) is 0 Å². The van der Waals surface area contributed by atoms with Gasteiger partial charge in [0.1, 0.15) is 6.10 Å². The first-order chi connectivity index (χ1) is 7.90. The lowest BCUT2D eigenvalue weighted by molar-refractivity contribution is -0.210. The van der Waals surface area contributed by atoms with Crippen LogP contribution in [0.3, 0.4) is 0 Å². The van der Waals surface area contributed by atoms with Crippen molar-refractivity contribution in [2.45, 2.75) is 17.9 Å². The Balaban J connectivity index is 2.26. The van der Waals surface area contributed by atoms with Gasteiger partial charge in [-0.05, 0) is 17.7 Å². The Bertz CT molecular complexity index is 457. The Morgan fingerprint density at radius 2 is 1.88 bits per heavy atom. The van der Waals surface area contributed by atoms with E-state index in [1.54, 1.807) is 0 Å². The summed E-state index contributed by atoms with van der Waals surface area (Å²) < 4.78 is 42.3. The van der Waals surface area contributed by atoms with Crippen LogP contribution in [0.2, 0.25) is 0 Å². The number of benzene rings is 1. The minimum absolute atomic E-state index is 0.0822. The van der Waals surface area contributed by atoms with Crippen LogP contribution in [-0.2, 0) is 4.74 Å². The molecule has 1 aromatic rings. The molecule has 6 heteroatoms. The molecule has 0 amide bonds. The van der Waals surface area contributed by atoms with Gasteiger partial charge in [-0.25, -0.2) is 0 Å². The highest BCUT2D eigenvalue weighted by Gasteiger charge is 2.70. The smallest absolute Gasteiger partial charge is 0.385 e. The van der Waals surface area contributed by atoms with Crippen molar-refractivity contribution >= 4 is 0 Å². The summed E-state index contributed by atoms with van der Waals surface area (Å²) in [6.45, 7) is -0.544. The number of halogens is 3. The molecular formula is C11H8F3NO2. The molecule has 1 N–H and O–H groups in total. The number of aliphatic hydroxyl groups excluding tert-OH is 1. The average Bonchev–Trinajstić information content (AvgIpc) is 3.08. The number of alkyl halides is 3. The molecule has 1 unspecified atom stereocenters. The molecule has 1 aromatic carbocycles. The zero-order valence-electron chi connectivity index (χ0n) is 8.53. The zero-order valence-corrected chi connectivity index (χ0v) is 8.53. The number of nitriles is 1. The van der Waals surface area contributed by atoms with Crippen molar-refractivity contribution in [3.05, 3.63) is 35.4 Å². The molecule has 0 aliphatic carbocycles. The quantitative estimate of drug-likeness (QED) is 0.807. The normalized spacial score (nSPS) is 25.1. The second-order valence-corrected chi connectivity index (χ2v) is 3.81. The highest BCUT2D eigenvalue weighted by Crippen LogP contribution is 2.51. The van der Waals surface area contributed by atoms with E-state index in [9.17, 15) is 18.3 Å². The Kier molecular flexibility index (Phi) is 2.60. The summed E-state index contributed by atoms with van der Waals surface area (Å²) >= 11 is 0. The van der Waals surface area contributed by atoms with Crippen molar-refractivity contribution in [1.82, 2.24) is 0 Å². The number of epoxide rings is 1. The van der Waals surface area contributed by atoms with Gasteiger partial charge in [0.05, 0.1) is 18.2 Å². The van der Waals surface area contributed by atoms with Gasteiger partial charge in [-0.3, -0.25) is 0 Å². The molecule has 1 saturated heterocycles. The second-order valence-electron chi connectivity index (χ2n) is 3.81. The maximum Gasteiger partial charge on any atom is 0.422 e. The van der Waals surface area contributed by atoms with E-state index in [-0.39, 0.29) is 5.56 Å². The Labute approximate surface area is 95.0 Å². The van der Waals surface area contributed by atoms with Gasteiger partial charge in [0.2, 0.25) is 5.60 Å². The molecule has 1 heterocycles. The number of ether oxygens (including phenoxy) is 1. The van der Waals surface area contributed by atoms with E-state index in [4.69, 9.17) is 5.26 Å². The molecule has 0 radical (unpaired) electrons. The van der Waals surface area contributed by atoms with Gasteiger partial charge < -0.3 is 9.84 Å². The summed E-state index contributed by atoms with van der Waals surface area (Å²) in [7, 11) is 0. The summed E-state index contributed by atoms with van der Waals surface area (Å²) in [5.41, 5.74) is -2.08. The molecule has 1 aliphatic heterocycles. The monoisotopic (exact) mass is 243 g/mol. The van der Waals surface area contributed by atoms with Crippen LogP contribution >= 0.6 is 0 Å². The first-order valence-electron chi connectivity index (χ1n) is 4.79. The molecule has 1 aliphatic rings. The average molecular weight is 243 g/mol. The first kappa shape index (κ1) is 11.9. The minimum atomic E-state index is -4.61. The topological polar surface area (TPSA) is 56.5 Å². The lowest BCUT2D eigenvalue weighted by Gasteiger charge is -2.22. The lowest BCUT2D eigenvalue weighted by Crippen LogP contribution is -2.38. The molecule has 0 spiro atoms. The van der Waals surface area contributed by atoms with Crippen LogP contribution in [0.15, 0.2) is 24.3 Å². The van der Waals surface area contributed by atoms with E-state index in [1.807, 2.05) is 6.07 Å². The molecular weight excluding hydrogens is 235 g/mol. The van der Waals surface area contributed by atoms with E-state index in [0.29, 0.717) is 5.56 Å². The summed E-state index contributed by atoms with van der Waals surface area (Å²) in [5, 5.41) is 18.2. The number of aliphatic hydroxyl groups is 1. The molecule has 17 heavy (non-hydrogen) atoms. The van der Waals surface area contributed by atoms with Crippen LogP contribution in [0.25, 0.3) is 0 Å². The molecule has 2 atom stereocenters. The van der Waals surface area contributed by atoms with Gasteiger partial charge >= 0.3 is 6.18 Å². The van der Waals surface area contributed by atoms with E-state index < -0.39 is 24.5 Å². The van der Waals surface area contributed by atoms with Crippen LogP contribution in [0.1, 0.15) is 17.2 Å². The van der Waals surface area contributed by atoms with Gasteiger partial charge in [0, 0.05) is 0 Å². The van der Waals surface area contributed by atoms with Crippen LogP contribution in [-0.4, -0.2) is 23.5 Å². The van der Waals surface area contributed by atoms with E-state index >= 15 is 0 Å². The predicted molar refractivity (Wildman–Crippen MR) is 50.9 cm³/mol. The number of hydrogen-bond acceptors (Lipinski definition) is 3. The maximum absolute atomic E-state index is 12.6. The van der Waals surface area contributed by atoms with Crippen molar-refractivity contribution in [3.8, 4) is 6.07 Å². The maximum atomic E-state index is 12.6. The molecule has 0 saturated carbocycles. The van der Waals surface area contributed by atoms with Crippen LogP contribution in [0.4, 0.5) is 13.2 Å². The summed E-state index contributed by atoms with van der Waals surface area (Å²) in [4.78, 5) is 0. The zero-order chi connectivity index (χ0) is 12.7. The van der Waals surface area contributed by atoms with Gasteiger partial charge in [0.25, 0.3) is 0 Å². The van der Waals surface area contributed by atoms with Crippen molar-refractivity contribution in [2.75, 3.05) is 6.61 Å². The Morgan fingerprint density at radius 1 is 1.35 bits per heavy atom. The molecule has 0 bridgehead atoms. The fourth-order valence-electron chi connectivity index (χ4n) is 1.56. The fraction of sp³-hybridized carbons (Fsp3) is 0.364. The Morgan fingerprint density at radius 3 is 2.24 bits per heavy atom. The standard InChI is InChI=1S/C11H8F3NO2/c12-11(13,14)10(6-17-10)9(16)8-3-1-7(5-15)2-4-8/h1-4,9,16H,6H2/t9?,10-/m1/s1. The van der Waals surface area contributed by atoms with Crippen molar-refractivity contribution in [2.24, 2.45) is 0 Å². The molecule has 0 aromatic heterocycles. The molecule has 3 nitrogen and oxygen atoms in total. The van der Waals surface area contributed by atoms with Crippen molar-refractivity contribution < 1.29 is 23.0 Å². The molecule has 2 rings (SSSR count). The van der Waals surface area contributed by atoms with Gasteiger partial charge in [-0.15, -0.1) is 0 Å². The Hall–Kier alpha value is -1.58. The summed E-state index contributed by atoms with van der Waals surface area (Å²) in [6, 6.07) is 7.13. The third kappa shape index (κ3) is 1.88. The summed E-state index contributed by atoms with van der Waals surface area (Å²) in [6.07, 6.45) is -6.38. The van der Waals surface area contributed by atoms with Gasteiger partial charge in [-0.2, -0.15) is 18.4 Å². The largest absolute Gasteiger partial charge is 0.422 e. The highest BCUT2D eigenvalue weighted by molar-refractivity contribution is 5.34. The summed E-state index contributed by atoms with van der Waals surface area (Å²) in [5.74, 6) is 0. The van der Waals surface area contributed by atoms with Crippen LogP contribution < -0.4 is 0 Å². The van der Waals surface area contributed by atoms with Crippen LogP contribution in [0.5, 0.6) is 0 Å². The predicted octanol–water partition coefficient (Wildman–Crippen LogP) is 1.92. The van der Waals surface area contributed by atoms with Crippen molar-refractivity contribution in [1.29, 1.82) is 5.26 Å². The second kappa shape index (κ2) is 3.72. The van der Waals surface area contributed by atoms with E-state index in [0.717, 1.165) is 0 Å². The molecule has 90 valence electrons. The number of hydrogen-bond donors (Lipinski definition) is 1. The van der Waals surface area contributed by atoms with E-state index in [1.165, 1.54) is 24.3 Å². The number of rotatable bonds is 2. The van der Waals surface area contributed by atoms with Crippen LogP contribution in [0, 0.1) is 11.3 Å². The fourth-order valence-corrected chi connectivity index (χ4v) is 1.56. The van der Waals surface area contributed by atoms with E-state index in [2.05, 4.69) is 4.74 Å². The third-order valence-corrected chi connectivity index (χ3v) is 2.73.